The molecule has 2 aliphatic rings. The summed E-state index contributed by atoms with van der Waals surface area (Å²) in [5.74, 6) is 0.600. The highest BCUT2D eigenvalue weighted by Gasteiger charge is 2.31. The van der Waals surface area contributed by atoms with Crippen molar-refractivity contribution >= 4 is 11.8 Å². The normalized spacial score (nSPS) is 20.8. The van der Waals surface area contributed by atoms with Crippen LogP contribution in [0.2, 0.25) is 0 Å². The van der Waals surface area contributed by atoms with Crippen LogP contribution in [0.1, 0.15) is 50.6 Å². The van der Waals surface area contributed by atoms with Crippen molar-refractivity contribution in [2.45, 2.75) is 45.1 Å². The van der Waals surface area contributed by atoms with Crippen LogP contribution in [0, 0.1) is 11.8 Å². The van der Waals surface area contributed by atoms with E-state index in [1.807, 2.05) is 47.1 Å². The molecule has 142 valence electrons. The van der Waals surface area contributed by atoms with Crippen molar-refractivity contribution in [2.24, 2.45) is 17.6 Å². The van der Waals surface area contributed by atoms with E-state index in [2.05, 4.69) is 0 Å². The van der Waals surface area contributed by atoms with E-state index >= 15 is 0 Å². The van der Waals surface area contributed by atoms with Crippen LogP contribution in [0.25, 0.3) is 0 Å². The standard InChI is InChI=1S/C21H31N3O2/c1-16(20(22)18-7-3-2-4-8-18)21(26)24-13-9-17(10-14-24)15-19(25)23-11-5-6-12-23/h2-4,7-8,16-17,20H,5-6,9-15,22H2,1H3. The lowest BCUT2D eigenvalue weighted by atomic mass is 9.90. The van der Waals surface area contributed by atoms with Crippen LogP contribution < -0.4 is 5.73 Å². The lowest BCUT2D eigenvalue weighted by Gasteiger charge is -2.35. The molecule has 2 atom stereocenters. The van der Waals surface area contributed by atoms with E-state index < -0.39 is 0 Å². The molecule has 1 aromatic carbocycles. The van der Waals surface area contributed by atoms with Crippen molar-refractivity contribution in [3.05, 3.63) is 35.9 Å². The minimum absolute atomic E-state index is 0.130. The Morgan fingerprint density at radius 3 is 2.27 bits per heavy atom. The predicted molar refractivity (Wildman–Crippen MR) is 102 cm³/mol. The zero-order valence-corrected chi connectivity index (χ0v) is 15.8. The highest BCUT2D eigenvalue weighted by atomic mass is 16.2. The number of piperidine rings is 1. The first-order chi connectivity index (χ1) is 12.6. The molecule has 0 saturated carbocycles. The Labute approximate surface area is 156 Å². The molecule has 0 radical (unpaired) electrons. The molecule has 5 nitrogen and oxygen atoms in total. The number of hydrogen-bond donors (Lipinski definition) is 1. The van der Waals surface area contributed by atoms with E-state index in [0.717, 1.165) is 57.4 Å². The fourth-order valence-corrected chi connectivity index (χ4v) is 4.11. The quantitative estimate of drug-likeness (QED) is 0.881. The van der Waals surface area contributed by atoms with E-state index in [1.54, 1.807) is 0 Å². The average Bonchev–Trinajstić information content (AvgIpc) is 3.22. The van der Waals surface area contributed by atoms with Crippen LogP contribution in [0.15, 0.2) is 30.3 Å². The average molecular weight is 357 g/mol. The molecule has 1 aromatic rings. The fourth-order valence-electron chi connectivity index (χ4n) is 4.11. The maximum Gasteiger partial charge on any atom is 0.227 e. The van der Waals surface area contributed by atoms with E-state index in [1.165, 1.54) is 0 Å². The second-order valence-electron chi connectivity index (χ2n) is 7.79. The molecule has 0 spiro atoms. The third-order valence-corrected chi connectivity index (χ3v) is 5.96. The van der Waals surface area contributed by atoms with Gasteiger partial charge in [-0.05, 0) is 37.2 Å². The van der Waals surface area contributed by atoms with Gasteiger partial charge < -0.3 is 15.5 Å². The number of carbonyl (C=O) groups excluding carboxylic acids is 2. The van der Waals surface area contributed by atoms with E-state index in [0.29, 0.717) is 18.2 Å². The van der Waals surface area contributed by atoms with Gasteiger partial charge in [0.15, 0.2) is 0 Å². The maximum absolute atomic E-state index is 12.8. The smallest absolute Gasteiger partial charge is 0.227 e. The molecule has 2 heterocycles. The fraction of sp³-hybridized carbons (Fsp3) is 0.619. The summed E-state index contributed by atoms with van der Waals surface area (Å²) in [5.41, 5.74) is 7.31. The number of nitrogens with two attached hydrogens (primary N) is 1. The van der Waals surface area contributed by atoms with Gasteiger partial charge in [0.25, 0.3) is 0 Å². The molecule has 2 N–H and O–H groups in total. The first kappa shape index (κ1) is 18.9. The Hall–Kier alpha value is -1.88. The second-order valence-corrected chi connectivity index (χ2v) is 7.79. The second kappa shape index (κ2) is 8.67. The van der Waals surface area contributed by atoms with Gasteiger partial charge in [-0.3, -0.25) is 9.59 Å². The van der Waals surface area contributed by atoms with Gasteiger partial charge in [-0.15, -0.1) is 0 Å². The molecule has 0 aliphatic carbocycles. The van der Waals surface area contributed by atoms with E-state index in [-0.39, 0.29) is 17.9 Å². The lowest BCUT2D eigenvalue weighted by molar-refractivity contribution is -0.137. The zero-order valence-electron chi connectivity index (χ0n) is 15.8. The Bertz CT molecular complexity index is 605. The van der Waals surface area contributed by atoms with Gasteiger partial charge in [0.2, 0.25) is 11.8 Å². The van der Waals surface area contributed by atoms with Crippen molar-refractivity contribution in [1.82, 2.24) is 9.80 Å². The molecular weight excluding hydrogens is 326 g/mol. The number of benzene rings is 1. The summed E-state index contributed by atoms with van der Waals surface area (Å²) in [6.45, 7) is 5.24. The number of carbonyl (C=O) groups is 2. The number of likely N-dealkylation sites (tertiary alicyclic amines) is 2. The molecule has 0 bridgehead atoms. The molecule has 5 heteroatoms. The molecular formula is C21H31N3O2. The van der Waals surface area contributed by atoms with Crippen molar-refractivity contribution < 1.29 is 9.59 Å². The van der Waals surface area contributed by atoms with Gasteiger partial charge >= 0.3 is 0 Å². The minimum atomic E-state index is -0.279. The van der Waals surface area contributed by atoms with Gasteiger partial charge in [-0.1, -0.05) is 37.3 Å². The molecule has 0 aromatic heterocycles. The Morgan fingerprint density at radius 1 is 1.04 bits per heavy atom. The van der Waals surface area contributed by atoms with E-state index in [9.17, 15) is 9.59 Å². The SMILES string of the molecule is CC(C(=O)N1CCC(CC(=O)N2CCCC2)CC1)C(N)c1ccccc1. The van der Waals surface area contributed by atoms with E-state index in [4.69, 9.17) is 5.73 Å². The van der Waals surface area contributed by atoms with Crippen molar-refractivity contribution in [1.29, 1.82) is 0 Å². The van der Waals surface area contributed by atoms with Crippen LogP contribution in [0.4, 0.5) is 0 Å². The number of nitrogens with zero attached hydrogens (tertiary/aromatic N) is 2. The summed E-state index contributed by atoms with van der Waals surface area (Å²) in [7, 11) is 0. The summed E-state index contributed by atoms with van der Waals surface area (Å²) in [6, 6.07) is 9.54. The van der Waals surface area contributed by atoms with Crippen molar-refractivity contribution in [3.8, 4) is 0 Å². The zero-order chi connectivity index (χ0) is 18.5. The lowest BCUT2D eigenvalue weighted by Crippen LogP contribution is -2.44. The minimum Gasteiger partial charge on any atom is -0.343 e. The van der Waals surface area contributed by atoms with Gasteiger partial charge in [0.1, 0.15) is 0 Å². The Morgan fingerprint density at radius 2 is 1.65 bits per heavy atom. The first-order valence-corrected chi connectivity index (χ1v) is 9.93. The third-order valence-electron chi connectivity index (χ3n) is 5.96. The molecule has 26 heavy (non-hydrogen) atoms. The van der Waals surface area contributed by atoms with Gasteiger partial charge in [0.05, 0.1) is 5.92 Å². The molecule has 2 amide bonds. The highest BCUT2D eigenvalue weighted by Crippen LogP contribution is 2.26. The van der Waals surface area contributed by atoms with Gasteiger partial charge in [0, 0.05) is 38.6 Å². The topological polar surface area (TPSA) is 66.6 Å². The summed E-state index contributed by atoms with van der Waals surface area (Å²) in [6.07, 6.45) is 4.74. The third kappa shape index (κ3) is 4.44. The number of amides is 2. The molecule has 2 unspecified atom stereocenters. The van der Waals surface area contributed by atoms with Crippen LogP contribution in [-0.4, -0.2) is 47.8 Å². The molecule has 3 rings (SSSR count). The Balaban J connectivity index is 1.47. The van der Waals surface area contributed by atoms with Crippen LogP contribution in [0.5, 0.6) is 0 Å². The highest BCUT2D eigenvalue weighted by molar-refractivity contribution is 5.80. The monoisotopic (exact) mass is 357 g/mol. The maximum atomic E-state index is 12.8. The summed E-state index contributed by atoms with van der Waals surface area (Å²) < 4.78 is 0. The predicted octanol–water partition coefficient (Wildman–Crippen LogP) is 2.57. The molecule has 2 aliphatic heterocycles. The number of rotatable bonds is 5. The molecule has 2 saturated heterocycles. The summed E-state index contributed by atoms with van der Waals surface area (Å²) in [5, 5.41) is 0. The molecule has 2 fully saturated rings. The number of hydrogen-bond acceptors (Lipinski definition) is 3. The van der Waals surface area contributed by atoms with Crippen LogP contribution in [-0.2, 0) is 9.59 Å². The van der Waals surface area contributed by atoms with Gasteiger partial charge in [-0.2, -0.15) is 0 Å². The van der Waals surface area contributed by atoms with Crippen molar-refractivity contribution in [2.75, 3.05) is 26.2 Å². The van der Waals surface area contributed by atoms with Gasteiger partial charge in [-0.25, -0.2) is 0 Å². The Kier molecular flexibility index (Phi) is 6.30. The van der Waals surface area contributed by atoms with Crippen LogP contribution >= 0.6 is 0 Å². The summed E-state index contributed by atoms with van der Waals surface area (Å²) in [4.78, 5) is 29.1. The first-order valence-electron chi connectivity index (χ1n) is 9.93. The van der Waals surface area contributed by atoms with Crippen molar-refractivity contribution in [3.63, 3.8) is 0 Å². The largest absolute Gasteiger partial charge is 0.343 e. The van der Waals surface area contributed by atoms with Crippen LogP contribution in [0.3, 0.4) is 0 Å². The summed E-state index contributed by atoms with van der Waals surface area (Å²) >= 11 is 0.